The molecule has 1 aliphatic rings. The molecule has 0 fully saturated rings. The first kappa shape index (κ1) is 12.9. The number of hydrogen-bond acceptors (Lipinski definition) is 5. The summed E-state index contributed by atoms with van der Waals surface area (Å²) in [7, 11) is -0.975. The molecule has 20 heavy (non-hydrogen) atoms. The SMILES string of the molecule is CS(=O)c1cccc(C2=NN(c3cnccn3)CC2)c1. The van der Waals surface area contributed by atoms with Gasteiger partial charge in [-0.2, -0.15) is 5.10 Å². The average Bonchev–Trinajstić information content (AvgIpc) is 2.98. The smallest absolute Gasteiger partial charge is 0.167 e. The maximum Gasteiger partial charge on any atom is 0.167 e. The molecule has 0 radical (unpaired) electrons. The zero-order chi connectivity index (χ0) is 13.9. The van der Waals surface area contributed by atoms with Crippen molar-refractivity contribution in [2.45, 2.75) is 11.3 Å². The number of aromatic nitrogens is 2. The van der Waals surface area contributed by atoms with Crippen LogP contribution in [0.5, 0.6) is 0 Å². The van der Waals surface area contributed by atoms with Crippen LogP contribution < -0.4 is 5.01 Å². The van der Waals surface area contributed by atoms with E-state index in [0.29, 0.717) is 0 Å². The van der Waals surface area contributed by atoms with Crippen LogP contribution >= 0.6 is 0 Å². The summed E-state index contributed by atoms with van der Waals surface area (Å²) in [6, 6.07) is 7.72. The van der Waals surface area contributed by atoms with E-state index in [1.54, 1.807) is 24.8 Å². The quantitative estimate of drug-likeness (QED) is 0.863. The van der Waals surface area contributed by atoms with Crippen molar-refractivity contribution >= 4 is 22.3 Å². The Morgan fingerprint density at radius 2 is 2.20 bits per heavy atom. The van der Waals surface area contributed by atoms with Crippen LogP contribution in [0.25, 0.3) is 0 Å². The Bertz CT molecular complexity index is 672. The van der Waals surface area contributed by atoms with Gasteiger partial charge in [-0.25, -0.2) is 9.99 Å². The Morgan fingerprint density at radius 3 is 2.95 bits per heavy atom. The van der Waals surface area contributed by atoms with E-state index in [9.17, 15) is 4.21 Å². The van der Waals surface area contributed by atoms with Gasteiger partial charge in [0.25, 0.3) is 0 Å². The summed E-state index contributed by atoms with van der Waals surface area (Å²) >= 11 is 0. The number of hydrazone groups is 1. The summed E-state index contributed by atoms with van der Waals surface area (Å²) in [4.78, 5) is 9.12. The minimum Gasteiger partial charge on any atom is -0.259 e. The second-order valence-electron chi connectivity index (χ2n) is 4.47. The van der Waals surface area contributed by atoms with Gasteiger partial charge in [0.2, 0.25) is 0 Å². The van der Waals surface area contributed by atoms with E-state index in [4.69, 9.17) is 0 Å². The lowest BCUT2D eigenvalue weighted by Crippen LogP contribution is -2.13. The summed E-state index contributed by atoms with van der Waals surface area (Å²) in [5, 5.41) is 6.42. The van der Waals surface area contributed by atoms with Crippen molar-refractivity contribution < 1.29 is 4.21 Å². The Balaban J connectivity index is 1.89. The number of rotatable bonds is 3. The fourth-order valence-electron chi connectivity index (χ4n) is 2.10. The molecule has 0 N–H and O–H groups in total. The predicted octanol–water partition coefficient (Wildman–Crippen LogP) is 1.83. The number of anilines is 1. The molecular weight excluding hydrogens is 272 g/mol. The second kappa shape index (κ2) is 5.50. The minimum absolute atomic E-state index is 0.748. The highest BCUT2D eigenvalue weighted by Gasteiger charge is 2.18. The first-order chi connectivity index (χ1) is 9.74. The van der Waals surface area contributed by atoms with E-state index in [2.05, 4.69) is 15.1 Å². The molecule has 6 heteroatoms. The van der Waals surface area contributed by atoms with Gasteiger partial charge in [-0.3, -0.25) is 9.19 Å². The lowest BCUT2D eigenvalue weighted by atomic mass is 10.1. The van der Waals surface area contributed by atoms with Gasteiger partial charge in [0.05, 0.1) is 11.9 Å². The second-order valence-corrected chi connectivity index (χ2v) is 5.85. The van der Waals surface area contributed by atoms with Crippen molar-refractivity contribution in [1.29, 1.82) is 0 Å². The topological polar surface area (TPSA) is 58.5 Å². The third-order valence-electron chi connectivity index (χ3n) is 3.12. The third kappa shape index (κ3) is 2.60. The Kier molecular flexibility index (Phi) is 3.56. The first-order valence-corrected chi connectivity index (χ1v) is 7.85. The Hall–Kier alpha value is -2.08. The van der Waals surface area contributed by atoms with E-state index in [1.807, 2.05) is 29.3 Å². The Labute approximate surface area is 119 Å². The van der Waals surface area contributed by atoms with E-state index >= 15 is 0 Å². The molecular formula is C14H14N4OS. The van der Waals surface area contributed by atoms with Gasteiger partial charge < -0.3 is 0 Å². The number of benzene rings is 1. The molecule has 1 aromatic heterocycles. The molecule has 2 heterocycles. The van der Waals surface area contributed by atoms with Crippen molar-refractivity contribution in [3.05, 3.63) is 48.4 Å². The van der Waals surface area contributed by atoms with Gasteiger partial charge in [-0.05, 0) is 17.7 Å². The van der Waals surface area contributed by atoms with Crippen LogP contribution in [0, 0.1) is 0 Å². The Morgan fingerprint density at radius 1 is 1.30 bits per heavy atom. The number of nitrogens with zero attached hydrogens (tertiary/aromatic N) is 4. The predicted molar refractivity (Wildman–Crippen MR) is 79.3 cm³/mol. The van der Waals surface area contributed by atoms with Gasteiger partial charge in [0.1, 0.15) is 0 Å². The third-order valence-corrected chi connectivity index (χ3v) is 4.03. The molecule has 5 nitrogen and oxygen atoms in total. The summed E-state index contributed by atoms with van der Waals surface area (Å²) < 4.78 is 11.5. The molecule has 0 saturated carbocycles. The van der Waals surface area contributed by atoms with Gasteiger partial charge >= 0.3 is 0 Å². The summed E-state index contributed by atoms with van der Waals surface area (Å²) in [6.07, 6.45) is 7.52. The van der Waals surface area contributed by atoms with Crippen LogP contribution in [0.1, 0.15) is 12.0 Å². The van der Waals surface area contributed by atoms with Gasteiger partial charge in [0.15, 0.2) is 5.82 Å². The van der Waals surface area contributed by atoms with Crippen molar-refractivity contribution in [2.75, 3.05) is 17.8 Å². The highest BCUT2D eigenvalue weighted by molar-refractivity contribution is 7.84. The van der Waals surface area contributed by atoms with E-state index in [-0.39, 0.29) is 0 Å². The van der Waals surface area contributed by atoms with Crippen molar-refractivity contribution in [3.8, 4) is 0 Å². The zero-order valence-corrected chi connectivity index (χ0v) is 11.9. The molecule has 0 spiro atoms. The maximum absolute atomic E-state index is 11.5. The molecule has 0 saturated heterocycles. The molecule has 102 valence electrons. The molecule has 3 rings (SSSR count). The monoisotopic (exact) mass is 286 g/mol. The van der Waals surface area contributed by atoms with Crippen LogP contribution in [0.15, 0.2) is 52.9 Å². The summed E-state index contributed by atoms with van der Waals surface area (Å²) in [6.45, 7) is 0.785. The normalized spacial score (nSPS) is 16.1. The van der Waals surface area contributed by atoms with Crippen LogP contribution in [-0.4, -0.2) is 32.7 Å². The molecule has 1 aliphatic heterocycles. The number of hydrogen-bond donors (Lipinski definition) is 0. The summed E-state index contributed by atoms with van der Waals surface area (Å²) in [5.41, 5.74) is 2.01. The van der Waals surface area contributed by atoms with Crippen LogP contribution in [0.3, 0.4) is 0 Å². The van der Waals surface area contributed by atoms with Crippen molar-refractivity contribution in [1.82, 2.24) is 9.97 Å². The molecule has 0 aliphatic carbocycles. The van der Waals surface area contributed by atoms with Crippen LogP contribution in [0.4, 0.5) is 5.82 Å². The van der Waals surface area contributed by atoms with Crippen LogP contribution in [0.2, 0.25) is 0 Å². The van der Waals surface area contributed by atoms with E-state index < -0.39 is 10.8 Å². The summed E-state index contributed by atoms with van der Waals surface area (Å²) in [5.74, 6) is 0.748. The molecule has 0 bridgehead atoms. The molecule has 1 unspecified atom stereocenters. The van der Waals surface area contributed by atoms with E-state index in [0.717, 1.165) is 35.0 Å². The zero-order valence-electron chi connectivity index (χ0n) is 11.1. The fourth-order valence-corrected chi connectivity index (χ4v) is 2.67. The lowest BCUT2D eigenvalue weighted by molar-refractivity contribution is 0.687. The minimum atomic E-state index is -0.975. The van der Waals surface area contributed by atoms with E-state index in [1.165, 1.54) is 0 Å². The average molecular weight is 286 g/mol. The highest BCUT2D eigenvalue weighted by atomic mass is 32.2. The van der Waals surface area contributed by atoms with Gasteiger partial charge in [0, 0.05) is 47.3 Å². The lowest BCUT2D eigenvalue weighted by Gasteiger charge is -2.10. The van der Waals surface area contributed by atoms with Gasteiger partial charge in [-0.15, -0.1) is 0 Å². The standard InChI is InChI=1S/C14H14N4OS/c1-20(19)12-4-2-3-11(9-12)13-5-8-18(17-13)14-10-15-6-7-16-14/h2-4,6-7,9-10H,5,8H2,1H3. The maximum atomic E-state index is 11.5. The molecule has 2 aromatic rings. The molecule has 1 aromatic carbocycles. The first-order valence-electron chi connectivity index (χ1n) is 6.29. The molecule has 1 atom stereocenters. The fraction of sp³-hybridized carbons (Fsp3) is 0.214. The highest BCUT2D eigenvalue weighted by Crippen LogP contribution is 2.20. The van der Waals surface area contributed by atoms with Crippen molar-refractivity contribution in [3.63, 3.8) is 0 Å². The van der Waals surface area contributed by atoms with Crippen LogP contribution in [-0.2, 0) is 10.8 Å². The molecule has 0 amide bonds. The van der Waals surface area contributed by atoms with Crippen molar-refractivity contribution in [2.24, 2.45) is 5.10 Å². The van der Waals surface area contributed by atoms with Gasteiger partial charge in [-0.1, -0.05) is 12.1 Å². The largest absolute Gasteiger partial charge is 0.259 e.